The lowest BCUT2D eigenvalue weighted by Gasteiger charge is -2.19. The van der Waals surface area contributed by atoms with E-state index in [1.807, 2.05) is 0 Å². The smallest absolute Gasteiger partial charge is 0.412 e. The number of carboxylic acids is 1. The van der Waals surface area contributed by atoms with Crippen LogP contribution in [0.1, 0.15) is 26.3 Å². The highest BCUT2D eigenvalue weighted by Crippen LogP contribution is 2.18. The van der Waals surface area contributed by atoms with Crippen LogP contribution in [0, 0.1) is 5.82 Å². The van der Waals surface area contributed by atoms with Gasteiger partial charge >= 0.3 is 12.1 Å². The Balaban J connectivity index is 2.77. The van der Waals surface area contributed by atoms with E-state index in [2.05, 4.69) is 5.32 Å². The van der Waals surface area contributed by atoms with Gasteiger partial charge in [0.05, 0.1) is 0 Å². The van der Waals surface area contributed by atoms with Gasteiger partial charge in [0.15, 0.2) is 6.10 Å². The summed E-state index contributed by atoms with van der Waals surface area (Å²) in [5, 5.41) is 11.3. The molecule has 1 aromatic carbocycles. The highest BCUT2D eigenvalue weighted by molar-refractivity contribution is 5.84. The third kappa shape index (κ3) is 5.69. The van der Waals surface area contributed by atoms with Gasteiger partial charge in [0.1, 0.15) is 11.4 Å². The van der Waals surface area contributed by atoms with Crippen molar-refractivity contribution >= 4 is 17.7 Å². The molecule has 0 fully saturated rings. The van der Waals surface area contributed by atoms with Gasteiger partial charge in [-0.3, -0.25) is 5.32 Å². The van der Waals surface area contributed by atoms with E-state index in [0.29, 0.717) is 0 Å². The van der Waals surface area contributed by atoms with Crippen LogP contribution < -0.4 is 5.32 Å². The molecule has 0 aliphatic heterocycles. The van der Waals surface area contributed by atoms with Crippen molar-refractivity contribution in [2.45, 2.75) is 38.9 Å². The number of carboxylic acid groups (broad SMARTS) is 1. The van der Waals surface area contributed by atoms with E-state index in [4.69, 9.17) is 14.6 Å². The highest BCUT2D eigenvalue weighted by Gasteiger charge is 2.20. The molecule has 0 aliphatic carbocycles. The van der Waals surface area contributed by atoms with Crippen molar-refractivity contribution in [3.05, 3.63) is 29.6 Å². The molecule has 0 aromatic heterocycles. The molecule has 1 unspecified atom stereocenters. The minimum atomic E-state index is -1.17. The number of amides is 1. The highest BCUT2D eigenvalue weighted by atomic mass is 19.1. The average molecular weight is 313 g/mol. The third-order valence-corrected chi connectivity index (χ3v) is 2.66. The molecule has 0 aliphatic rings. The standard InChI is InChI=1S/C15H20FNO5/c1-15(2,3)22-14(20)17-10-6-5-9(11(16)8-10)7-12(21-4)13(18)19/h5-6,8,12H,7H2,1-4H3,(H,17,20)(H,18,19). The molecule has 1 atom stereocenters. The number of nitrogens with one attached hydrogen (secondary N) is 1. The topological polar surface area (TPSA) is 84.9 Å². The third-order valence-electron chi connectivity index (χ3n) is 2.66. The molecule has 0 heterocycles. The number of anilines is 1. The molecule has 1 aromatic rings. The first kappa shape index (κ1) is 17.9. The molecule has 0 bridgehead atoms. The number of aliphatic carboxylic acids is 1. The number of hydrogen-bond donors (Lipinski definition) is 2. The lowest BCUT2D eigenvalue weighted by atomic mass is 10.1. The van der Waals surface area contributed by atoms with Crippen molar-refractivity contribution in [1.82, 2.24) is 0 Å². The average Bonchev–Trinajstić information content (AvgIpc) is 2.35. The lowest BCUT2D eigenvalue weighted by molar-refractivity contribution is -0.148. The van der Waals surface area contributed by atoms with Crippen molar-refractivity contribution < 1.29 is 28.6 Å². The Kier molecular flexibility index (Phi) is 5.87. The van der Waals surface area contributed by atoms with Crippen LogP contribution in [0.3, 0.4) is 0 Å². The maximum atomic E-state index is 14.0. The van der Waals surface area contributed by atoms with Gasteiger partial charge in [-0.1, -0.05) is 6.07 Å². The van der Waals surface area contributed by atoms with Crippen LogP contribution in [0.2, 0.25) is 0 Å². The van der Waals surface area contributed by atoms with Crippen LogP contribution in [0.25, 0.3) is 0 Å². The molecule has 6 nitrogen and oxygen atoms in total. The summed E-state index contributed by atoms with van der Waals surface area (Å²) >= 11 is 0. The van der Waals surface area contributed by atoms with Gasteiger partial charge in [-0.15, -0.1) is 0 Å². The van der Waals surface area contributed by atoms with Gasteiger partial charge in [0.25, 0.3) is 0 Å². The number of ether oxygens (including phenoxy) is 2. The Morgan fingerprint density at radius 1 is 1.36 bits per heavy atom. The van der Waals surface area contributed by atoms with Crippen LogP contribution in [0.5, 0.6) is 0 Å². The van der Waals surface area contributed by atoms with Crippen molar-refractivity contribution in [2.75, 3.05) is 12.4 Å². The zero-order chi connectivity index (χ0) is 16.9. The van der Waals surface area contributed by atoms with E-state index in [1.165, 1.54) is 19.2 Å². The zero-order valence-corrected chi connectivity index (χ0v) is 13.0. The van der Waals surface area contributed by atoms with E-state index < -0.39 is 29.6 Å². The summed E-state index contributed by atoms with van der Waals surface area (Å²) in [6.07, 6.45) is -1.93. The molecular formula is C15H20FNO5. The van der Waals surface area contributed by atoms with E-state index in [-0.39, 0.29) is 17.7 Å². The summed E-state index contributed by atoms with van der Waals surface area (Å²) in [5.41, 5.74) is -0.251. The van der Waals surface area contributed by atoms with Crippen LogP contribution in [-0.4, -0.2) is 36.0 Å². The van der Waals surface area contributed by atoms with Crippen molar-refractivity contribution in [2.24, 2.45) is 0 Å². The predicted octanol–water partition coefficient (Wildman–Crippen LogP) is 2.81. The largest absolute Gasteiger partial charge is 0.479 e. The van der Waals surface area contributed by atoms with Gasteiger partial charge in [0.2, 0.25) is 0 Å². The number of halogens is 1. The second-order valence-electron chi connectivity index (χ2n) is 5.70. The van der Waals surface area contributed by atoms with Gasteiger partial charge in [-0.2, -0.15) is 0 Å². The maximum absolute atomic E-state index is 14.0. The number of hydrogen-bond acceptors (Lipinski definition) is 4. The molecule has 122 valence electrons. The Labute approximate surface area is 128 Å². The number of carbonyl (C=O) groups excluding carboxylic acids is 1. The first-order valence-electron chi connectivity index (χ1n) is 6.66. The van der Waals surface area contributed by atoms with Crippen LogP contribution in [0.15, 0.2) is 18.2 Å². The van der Waals surface area contributed by atoms with Gasteiger partial charge in [-0.05, 0) is 38.5 Å². The molecule has 22 heavy (non-hydrogen) atoms. The minimum absolute atomic E-state index is 0.107. The van der Waals surface area contributed by atoms with Gasteiger partial charge < -0.3 is 14.6 Å². The second kappa shape index (κ2) is 7.22. The molecular weight excluding hydrogens is 293 g/mol. The number of carbonyl (C=O) groups is 2. The fourth-order valence-electron chi connectivity index (χ4n) is 1.68. The van der Waals surface area contributed by atoms with E-state index in [1.54, 1.807) is 20.8 Å². The predicted molar refractivity (Wildman–Crippen MR) is 78.4 cm³/mol. The molecule has 2 N–H and O–H groups in total. The molecule has 0 saturated heterocycles. The fourth-order valence-corrected chi connectivity index (χ4v) is 1.68. The van der Waals surface area contributed by atoms with Gasteiger partial charge in [0, 0.05) is 19.2 Å². The summed E-state index contributed by atoms with van der Waals surface area (Å²) in [4.78, 5) is 22.5. The summed E-state index contributed by atoms with van der Waals surface area (Å²) in [7, 11) is 1.25. The quantitative estimate of drug-likeness (QED) is 0.873. The fraction of sp³-hybridized carbons (Fsp3) is 0.467. The lowest BCUT2D eigenvalue weighted by Crippen LogP contribution is -2.27. The summed E-state index contributed by atoms with van der Waals surface area (Å²) < 4.78 is 23.8. The molecule has 0 radical (unpaired) electrons. The maximum Gasteiger partial charge on any atom is 0.412 e. The molecule has 1 rings (SSSR count). The summed E-state index contributed by atoms with van der Waals surface area (Å²) in [6.45, 7) is 5.15. The first-order chi connectivity index (χ1) is 10.1. The zero-order valence-electron chi connectivity index (χ0n) is 13.0. The van der Waals surface area contributed by atoms with Gasteiger partial charge in [-0.25, -0.2) is 14.0 Å². The monoisotopic (exact) mass is 313 g/mol. The van der Waals surface area contributed by atoms with Crippen molar-refractivity contribution in [3.63, 3.8) is 0 Å². The van der Waals surface area contributed by atoms with E-state index in [9.17, 15) is 14.0 Å². The molecule has 0 saturated carbocycles. The Morgan fingerprint density at radius 2 is 2.00 bits per heavy atom. The first-order valence-corrected chi connectivity index (χ1v) is 6.66. The molecule has 1 amide bonds. The van der Waals surface area contributed by atoms with E-state index >= 15 is 0 Å². The van der Waals surface area contributed by atoms with Crippen molar-refractivity contribution in [3.8, 4) is 0 Å². The van der Waals surface area contributed by atoms with Crippen LogP contribution in [-0.2, 0) is 20.7 Å². The number of benzene rings is 1. The molecule has 0 spiro atoms. The number of methoxy groups -OCH3 is 1. The second-order valence-corrected chi connectivity index (χ2v) is 5.70. The Bertz CT molecular complexity index is 553. The minimum Gasteiger partial charge on any atom is -0.479 e. The van der Waals surface area contributed by atoms with E-state index in [0.717, 1.165) is 6.07 Å². The van der Waals surface area contributed by atoms with Crippen LogP contribution >= 0.6 is 0 Å². The summed E-state index contributed by atoms with van der Waals surface area (Å²) in [5.74, 6) is -1.80. The summed E-state index contributed by atoms with van der Waals surface area (Å²) in [6, 6.07) is 3.97. The van der Waals surface area contributed by atoms with Crippen LogP contribution in [0.4, 0.5) is 14.9 Å². The Morgan fingerprint density at radius 3 is 2.45 bits per heavy atom. The molecule has 7 heteroatoms. The van der Waals surface area contributed by atoms with Crippen molar-refractivity contribution in [1.29, 1.82) is 0 Å². The Hall–Kier alpha value is -2.15. The SMILES string of the molecule is COC(Cc1ccc(NC(=O)OC(C)(C)C)cc1F)C(=O)O. The normalized spacial score (nSPS) is 12.6. The number of rotatable bonds is 5.